The Morgan fingerprint density at radius 3 is 2.71 bits per heavy atom. The predicted octanol–water partition coefficient (Wildman–Crippen LogP) is 0.629. The Hall–Kier alpha value is -1.36. The third-order valence-corrected chi connectivity index (χ3v) is 3.99. The van der Waals surface area contributed by atoms with Crippen LogP contribution in [0.1, 0.15) is 16.8 Å². The second-order valence-electron chi connectivity index (χ2n) is 3.25. The zero-order valence-electron chi connectivity index (χ0n) is 7.36. The zero-order valence-corrected chi connectivity index (χ0v) is 8.17. The van der Waals surface area contributed by atoms with E-state index >= 15 is 0 Å². The Kier molecular flexibility index (Phi) is 1.85. The van der Waals surface area contributed by atoms with E-state index in [-0.39, 0.29) is 28.4 Å². The molecule has 2 N–H and O–H groups in total. The largest absolute Gasteiger partial charge is 0.399 e. The van der Waals surface area contributed by atoms with Crippen molar-refractivity contribution in [3.05, 3.63) is 23.8 Å². The average molecular weight is 211 g/mol. The Bertz CT molecular complexity index is 505. The molecule has 0 bridgehead atoms. The van der Waals surface area contributed by atoms with Gasteiger partial charge in [0.15, 0.2) is 15.6 Å². The van der Waals surface area contributed by atoms with Crippen molar-refractivity contribution in [2.45, 2.75) is 11.3 Å². The van der Waals surface area contributed by atoms with Crippen molar-refractivity contribution in [2.24, 2.45) is 0 Å². The number of nitrogen functional groups attached to an aromatic ring is 1. The Morgan fingerprint density at radius 2 is 2.00 bits per heavy atom. The number of ketones is 1. The van der Waals surface area contributed by atoms with Gasteiger partial charge in [-0.05, 0) is 18.2 Å². The molecule has 1 aliphatic heterocycles. The lowest BCUT2D eigenvalue weighted by atomic mass is 10.1. The highest BCUT2D eigenvalue weighted by atomic mass is 32.2. The summed E-state index contributed by atoms with van der Waals surface area (Å²) in [7, 11) is -3.30. The van der Waals surface area contributed by atoms with Gasteiger partial charge in [0.05, 0.1) is 10.6 Å². The van der Waals surface area contributed by atoms with E-state index in [0.29, 0.717) is 5.69 Å². The van der Waals surface area contributed by atoms with E-state index in [1.54, 1.807) is 0 Å². The molecule has 0 aromatic heterocycles. The Morgan fingerprint density at radius 1 is 1.29 bits per heavy atom. The normalized spacial score (nSPS) is 19.0. The lowest BCUT2D eigenvalue weighted by molar-refractivity contribution is 0.0983. The van der Waals surface area contributed by atoms with Crippen molar-refractivity contribution in [3.63, 3.8) is 0 Å². The Balaban J connectivity index is 2.77. The van der Waals surface area contributed by atoms with Crippen LogP contribution >= 0.6 is 0 Å². The van der Waals surface area contributed by atoms with Gasteiger partial charge in [-0.3, -0.25) is 4.79 Å². The van der Waals surface area contributed by atoms with Crippen LogP contribution in [-0.4, -0.2) is 20.0 Å². The highest BCUT2D eigenvalue weighted by molar-refractivity contribution is 7.91. The second-order valence-corrected chi connectivity index (χ2v) is 5.33. The molecular weight excluding hydrogens is 202 g/mol. The molecule has 4 nitrogen and oxygen atoms in total. The van der Waals surface area contributed by atoms with Gasteiger partial charge in [0.1, 0.15) is 0 Å². The number of carbonyl (C=O) groups is 1. The van der Waals surface area contributed by atoms with Crippen LogP contribution in [0.15, 0.2) is 23.1 Å². The maximum atomic E-state index is 11.6. The first-order chi connectivity index (χ1) is 6.50. The molecule has 5 heteroatoms. The lowest BCUT2D eigenvalue weighted by Crippen LogP contribution is -2.21. The highest BCUT2D eigenvalue weighted by Gasteiger charge is 2.28. The molecule has 0 radical (unpaired) electrons. The number of sulfone groups is 1. The summed E-state index contributed by atoms with van der Waals surface area (Å²) in [5, 5.41) is 0. The molecule has 0 spiro atoms. The lowest BCUT2D eigenvalue weighted by Gasteiger charge is -2.15. The summed E-state index contributed by atoms with van der Waals surface area (Å²) in [5.41, 5.74) is 6.10. The first-order valence-corrected chi connectivity index (χ1v) is 5.81. The van der Waals surface area contributed by atoms with Gasteiger partial charge in [0.25, 0.3) is 0 Å². The van der Waals surface area contributed by atoms with Crippen molar-refractivity contribution in [3.8, 4) is 0 Å². The van der Waals surface area contributed by atoms with Crippen LogP contribution in [0.2, 0.25) is 0 Å². The van der Waals surface area contributed by atoms with E-state index in [0.717, 1.165) is 0 Å². The SMILES string of the molecule is Nc1ccc2c(c1)S(=O)(=O)CCC2=O. The molecule has 0 amide bonds. The molecule has 0 aliphatic carbocycles. The number of benzene rings is 1. The minimum atomic E-state index is -3.30. The minimum absolute atomic E-state index is 0.0687. The van der Waals surface area contributed by atoms with Gasteiger partial charge in [-0.1, -0.05) is 0 Å². The van der Waals surface area contributed by atoms with E-state index < -0.39 is 9.84 Å². The fraction of sp³-hybridized carbons (Fsp3) is 0.222. The monoisotopic (exact) mass is 211 g/mol. The quantitative estimate of drug-likeness (QED) is 0.638. The molecule has 0 saturated carbocycles. The number of Topliss-reactive ketones (excluding diaryl/α,β-unsaturated/α-hetero) is 1. The average Bonchev–Trinajstić information content (AvgIpc) is 2.12. The van der Waals surface area contributed by atoms with Crippen molar-refractivity contribution in [1.82, 2.24) is 0 Å². The van der Waals surface area contributed by atoms with Gasteiger partial charge in [-0.2, -0.15) is 0 Å². The van der Waals surface area contributed by atoms with Gasteiger partial charge in [0.2, 0.25) is 0 Å². The molecule has 74 valence electrons. The topological polar surface area (TPSA) is 77.2 Å². The van der Waals surface area contributed by atoms with E-state index in [9.17, 15) is 13.2 Å². The van der Waals surface area contributed by atoms with Crippen LogP contribution in [0.25, 0.3) is 0 Å². The van der Waals surface area contributed by atoms with Crippen LogP contribution in [-0.2, 0) is 9.84 Å². The van der Waals surface area contributed by atoms with E-state index in [2.05, 4.69) is 0 Å². The molecule has 0 atom stereocenters. The summed E-state index contributed by atoms with van der Waals surface area (Å²) in [4.78, 5) is 11.5. The number of anilines is 1. The fourth-order valence-electron chi connectivity index (χ4n) is 1.50. The molecule has 1 aromatic rings. The number of carbonyl (C=O) groups excluding carboxylic acids is 1. The molecule has 1 heterocycles. The minimum Gasteiger partial charge on any atom is -0.399 e. The van der Waals surface area contributed by atoms with Crippen molar-refractivity contribution in [2.75, 3.05) is 11.5 Å². The molecule has 0 saturated heterocycles. The summed E-state index contributed by atoms with van der Waals surface area (Å²) in [6.07, 6.45) is 0.0687. The maximum absolute atomic E-state index is 11.6. The van der Waals surface area contributed by atoms with E-state index in [1.165, 1.54) is 18.2 Å². The molecule has 1 aliphatic rings. The van der Waals surface area contributed by atoms with Crippen molar-refractivity contribution in [1.29, 1.82) is 0 Å². The third-order valence-electron chi connectivity index (χ3n) is 2.24. The van der Waals surface area contributed by atoms with Gasteiger partial charge in [-0.15, -0.1) is 0 Å². The fourth-order valence-corrected chi connectivity index (χ4v) is 3.00. The molecule has 0 fully saturated rings. The molecular formula is C9H9NO3S. The first kappa shape index (κ1) is 9.21. The highest BCUT2D eigenvalue weighted by Crippen LogP contribution is 2.26. The number of nitrogens with two attached hydrogens (primary N) is 1. The van der Waals surface area contributed by atoms with Crippen LogP contribution in [0.3, 0.4) is 0 Å². The van der Waals surface area contributed by atoms with Crippen molar-refractivity contribution >= 4 is 21.3 Å². The maximum Gasteiger partial charge on any atom is 0.179 e. The summed E-state index contributed by atoms with van der Waals surface area (Å²) in [5.74, 6) is -0.239. The van der Waals surface area contributed by atoms with Crippen molar-refractivity contribution < 1.29 is 13.2 Å². The summed E-state index contributed by atoms with van der Waals surface area (Å²) >= 11 is 0. The number of hydrogen-bond donors (Lipinski definition) is 1. The number of rotatable bonds is 0. The van der Waals surface area contributed by atoms with E-state index in [4.69, 9.17) is 5.73 Å². The third kappa shape index (κ3) is 1.29. The number of hydrogen-bond acceptors (Lipinski definition) is 4. The van der Waals surface area contributed by atoms with Gasteiger partial charge >= 0.3 is 0 Å². The van der Waals surface area contributed by atoms with Gasteiger partial charge < -0.3 is 5.73 Å². The second kappa shape index (κ2) is 2.81. The first-order valence-electron chi connectivity index (χ1n) is 4.16. The molecule has 2 rings (SSSR count). The standard InChI is InChI=1S/C9H9NO3S/c10-6-1-2-7-8(11)3-4-14(12,13)9(7)5-6/h1-2,5H,3-4,10H2. The van der Waals surface area contributed by atoms with Crippen LogP contribution in [0, 0.1) is 0 Å². The summed E-state index contributed by atoms with van der Waals surface area (Å²) < 4.78 is 23.1. The van der Waals surface area contributed by atoms with Gasteiger partial charge in [-0.25, -0.2) is 8.42 Å². The van der Waals surface area contributed by atoms with Crippen LogP contribution in [0.5, 0.6) is 0 Å². The zero-order chi connectivity index (χ0) is 10.3. The molecule has 1 aromatic carbocycles. The molecule has 14 heavy (non-hydrogen) atoms. The predicted molar refractivity (Wildman–Crippen MR) is 51.9 cm³/mol. The smallest absolute Gasteiger partial charge is 0.179 e. The molecule has 0 unspecified atom stereocenters. The van der Waals surface area contributed by atoms with Crippen LogP contribution in [0.4, 0.5) is 5.69 Å². The van der Waals surface area contributed by atoms with E-state index in [1.807, 2.05) is 0 Å². The Labute approximate surface area is 81.6 Å². The summed E-state index contributed by atoms with van der Waals surface area (Å²) in [6.45, 7) is 0. The number of fused-ring (bicyclic) bond motifs is 1. The summed E-state index contributed by atoms with van der Waals surface area (Å²) in [6, 6.07) is 4.36. The van der Waals surface area contributed by atoms with Gasteiger partial charge in [0, 0.05) is 17.7 Å². The van der Waals surface area contributed by atoms with Crippen LogP contribution < -0.4 is 5.73 Å².